The van der Waals surface area contributed by atoms with Crippen LogP contribution < -0.4 is 15.4 Å². The van der Waals surface area contributed by atoms with Crippen LogP contribution in [0.3, 0.4) is 0 Å². The van der Waals surface area contributed by atoms with Gasteiger partial charge in [-0.1, -0.05) is 19.8 Å². The van der Waals surface area contributed by atoms with Crippen molar-refractivity contribution >= 4 is 11.5 Å². The highest BCUT2D eigenvalue weighted by Gasteiger charge is 2.22. The van der Waals surface area contributed by atoms with Crippen molar-refractivity contribution in [2.45, 2.75) is 39.0 Å². The lowest BCUT2D eigenvalue weighted by atomic mass is 10.2. The number of nitrogens with zero attached hydrogens (tertiary/aromatic N) is 2. The molecular weight excluding hydrogens is 238 g/mol. The average molecular weight is 263 g/mol. The maximum absolute atomic E-state index is 5.91. The third-order valence-electron chi connectivity index (χ3n) is 3.52. The fraction of sp³-hybridized carbons (Fsp3) is 0.667. The molecule has 0 unspecified atom stereocenters. The van der Waals surface area contributed by atoms with Crippen LogP contribution in [-0.2, 0) is 0 Å². The molecule has 1 saturated carbocycles. The van der Waals surface area contributed by atoms with Crippen molar-refractivity contribution in [2.75, 3.05) is 30.8 Å². The van der Waals surface area contributed by atoms with E-state index >= 15 is 0 Å². The van der Waals surface area contributed by atoms with E-state index in [9.17, 15) is 0 Å². The van der Waals surface area contributed by atoms with Gasteiger partial charge in [0.2, 0.25) is 5.88 Å². The monoisotopic (exact) mass is 263 g/mol. The van der Waals surface area contributed by atoms with E-state index in [4.69, 9.17) is 10.5 Å². The molecular formula is C15H25N3O. The Kier molecular flexibility index (Phi) is 4.88. The van der Waals surface area contributed by atoms with E-state index in [-0.39, 0.29) is 0 Å². The highest BCUT2D eigenvalue weighted by atomic mass is 16.5. The van der Waals surface area contributed by atoms with E-state index in [0.29, 0.717) is 17.5 Å². The van der Waals surface area contributed by atoms with Gasteiger partial charge in [-0.3, -0.25) is 0 Å². The molecule has 0 spiro atoms. The number of hydrogen-bond acceptors (Lipinski definition) is 4. The fourth-order valence-electron chi connectivity index (χ4n) is 1.96. The predicted octanol–water partition coefficient (Wildman–Crippen LogP) is 3.08. The van der Waals surface area contributed by atoms with Gasteiger partial charge in [-0.05, 0) is 37.3 Å². The molecule has 2 rings (SSSR count). The second-order valence-electron chi connectivity index (χ2n) is 5.45. The number of unbranched alkanes of at least 4 members (excludes halogenated alkanes) is 2. The van der Waals surface area contributed by atoms with E-state index in [1.165, 1.54) is 32.1 Å². The number of rotatable bonds is 8. The van der Waals surface area contributed by atoms with Gasteiger partial charge in [-0.25, -0.2) is 0 Å². The third kappa shape index (κ3) is 4.30. The molecule has 0 aliphatic heterocycles. The summed E-state index contributed by atoms with van der Waals surface area (Å²) in [6.45, 7) is 3.98. The highest BCUT2D eigenvalue weighted by Crippen LogP contribution is 2.31. The third-order valence-corrected chi connectivity index (χ3v) is 3.52. The van der Waals surface area contributed by atoms with E-state index in [0.717, 1.165) is 19.0 Å². The van der Waals surface area contributed by atoms with E-state index in [2.05, 4.69) is 23.9 Å². The molecule has 19 heavy (non-hydrogen) atoms. The lowest BCUT2D eigenvalue weighted by Crippen LogP contribution is -2.20. The molecule has 1 aromatic heterocycles. The molecule has 4 nitrogen and oxygen atoms in total. The predicted molar refractivity (Wildman–Crippen MR) is 79.7 cm³/mol. The van der Waals surface area contributed by atoms with Gasteiger partial charge in [0.15, 0.2) is 0 Å². The fourth-order valence-corrected chi connectivity index (χ4v) is 1.96. The molecule has 1 aromatic rings. The summed E-state index contributed by atoms with van der Waals surface area (Å²) in [5, 5.41) is 0. The van der Waals surface area contributed by atoms with Gasteiger partial charge in [0.1, 0.15) is 5.82 Å². The highest BCUT2D eigenvalue weighted by molar-refractivity contribution is 5.54. The van der Waals surface area contributed by atoms with Gasteiger partial charge >= 0.3 is 0 Å². The summed E-state index contributed by atoms with van der Waals surface area (Å²) in [5.74, 6) is 2.25. The Balaban J connectivity index is 1.93. The number of pyridine rings is 1. The molecule has 0 aromatic carbocycles. The minimum Gasteiger partial charge on any atom is -0.476 e. The number of anilines is 2. The van der Waals surface area contributed by atoms with Crippen molar-refractivity contribution in [3.63, 3.8) is 0 Å². The largest absolute Gasteiger partial charge is 0.476 e. The molecule has 1 aliphatic rings. The summed E-state index contributed by atoms with van der Waals surface area (Å²) in [5.41, 5.74) is 6.54. The number of ether oxygens (including phenoxy) is 1. The molecule has 0 atom stereocenters. The summed E-state index contributed by atoms with van der Waals surface area (Å²) in [4.78, 5) is 6.70. The zero-order chi connectivity index (χ0) is 13.7. The summed E-state index contributed by atoms with van der Waals surface area (Å²) >= 11 is 0. The molecule has 0 amide bonds. The van der Waals surface area contributed by atoms with Crippen molar-refractivity contribution in [2.24, 2.45) is 5.92 Å². The molecule has 106 valence electrons. The number of nitrogens with two attached hydrogens (primary N) is 1. The van der Waals surface area contributed by atoms with Crippen LogP contribution in [0.1, 0.15) is 39.0 Å². The quantitative estimate of drug-likeness (QED) is 0.732. The van der Waals surface area contributed by atoms with E-state index < -0.39 is 0 Å². The van der Waals surface area contributed by atoms with Crippen LogP contribution in [0.2, 0.25) is 0 Å². The number of hydrogen-bond donors (Lipinski definition) is 1. The normalized spacial score (nSPS) is 14.4. The Morgan fingerprint density at radius 2 is 2.16 bits per heavy atom. The zero-order valence-corrected chi connectivity index (χ0v) is 12.1. The lowest BCUT2D eigenvalue weighted by Gasteiger charge is -2.19. The van der Waals surface area contributed by atoms with Crippen LogP contribution in [0.15, 0.2) is 12.1 Å². The maximum atomic E-state index is 5.91. The first-order chi connectivity index (χ1) is 9.20. The zero-order valence-electron chi connectivity index (χ0n) is 12.1. The number of aromatic nitrogens is 1. The van der Waals surface area contributed by atoms with Gasteiger partial charge in [0, 0.05) is 13.6 Å². The SMILES string of the molecule is CCCCCN(C)c1ccc(N)c(OCC2CC2)n1. The van der Waals surface area contributed by atoms with Gasteiger partial charge < -0.3 is 15.4 Å². The molecule has 1 fully saturated rings. The Hall–Kier alpha value is -1.45. The maximum Gasteiger partial charge on any atom is 0.239 e. The summed E-state index contributed by atoms with van der Waals surface area (Å²) < 4.78 is 5.71. The number of nitrogen functional groups attached to an aromatic ring is 1. The van der Waals surface area contributed by atoms with E-state index in [1.807, 2.05) is 12.1 Å². The van der Waals surface area contributed by atoms with Crippen molar-refractivity contribution in [1.82, 2.24) is 4.98 Å². The van der Waals surface area contributed by atoms with Crippen LogP contribution in [0.4, 0.5) is 11.5 Å². The Morgan fingerprint density at radius 3 is 2.84 bits per heavy atom. The Labute approximate surface area is 116 Å². The second-order valence-corrected chi connectivity index (χ2v) is 5.45. The molecule has 4 heteroatoms. The minimum atomic E-state index is 0.590. The lowest BCUT2D eigenvalue weighted by molar-refractivity contribution is 0.290. The van der Waals surface area contributed by atoms with Crippen molar-refractivity contribution in [1.29, 1.82) is 0 Å². The average Bonchev–Trinajstić information content (AvgIpc) is 3.22. The van der Waals surface area contributed by atoms with Gasteiger partial charge in [0.25, 0.3) is 0 Å². The topological polar surface area (TPSA) is 51.4 Å². The standard InChI is InChI=1S/C15H25N3O/c1-3-4-5-10-18(2)14-9-8-13(16)15(17-14)19-11-12-6-7-12/h8-9,12H,3-7,10-11,16H2,1-2H3. The van der Waals surface area contributed by atoms with Crippen LogP contribution in [0, 0.1) is 5.92 Å². The molecule has 0 bridgehead atoms. The minimum absolute atomic E-state index is 0.590. The first-order valence-corrected chi connectivity index (χ1v) is 7.31. The summed E-state index contributed by atoms with van der Waals surface area (Å²) in [6.07, 6.45) is 6.23. The first-order valence-electron chi connectivity index (χ1n) is 7.31. The molecule has 0 radical (unpaired) electrons. The first kappa shape index (κ1) is 14.0. The van der Waals surface area contributed by atoms with Crippen molar-refractivity contribution < 1.29 is 4.74 Å². The van der Waals surface area contributed by atoms with Crippen LogP contribution in [-0.4, -0.2) is 25.2 Å². The second kappa shape index (κ2) is 6.64. The van der Waals surface area contributed by atoms with Gasteiger partial charge in [0.05, 0.1) is 12.3 Å². The van der Waals surface area contributed by atoms with Crippen LogP contribution in [0.5, 0.6) is 5.88 Å². The van der Waals surface area contributed by atoms with E-state index in [1.54, 1.807) is 0 Å². The molecule has 1 heterocycles. The summed E-state index contributed by atoms with van der Waals surface area (Å²) in [6, 6.07) is 3.85. The Bertz CT molecular complexity index is 404. The van der Waals surface area contributed by atoms with Gasteiger partial charge in [-0.15, -0.1) is 0 Å². The smallest absolute Gasteiger partial charge is 0.239 e. The molecule has 1 aliphatic carbocycles. The molecule has 0 saturated heterocycles. The molecule has 2 N–H and O–H groups in total. The van der Waals surface area contributed by atoms with Crippen molar-refractivity contribution in [3.8, 4) is 5.88 Å². The van der Waals surface area contributed by atoms with Crippen molar-refractivity contribution in [3.05, 3.63) is 12.1 Å². The van der Waals surface area contributed by atoms with Crippen LogP contribution in [0.25, 0.3) is 0 Å². The summed E-state index contributed by atoms with van der Waals surface area (Å²) in [7, 11) is 2.07. The van der Waals surface area contributed by atoms with Crippen LogP contribution >= 0.6 is 0 Å². The van der Waals surface area contributed by atoms with Gasteiger partial charge in [-0.2, -0.15) is 4.98 Å². The Morgan fingerprint density at radius 1 is 1.37 bits per heavy atom.